The summed E-state index contributed by atoms with van der Waals surface area (Å²) in [6.45, 7) is 4.41. The van der Waals surface area contributed by atoms with Crippen LogP contribution in [-0.2, 0) is 11.3 Å². The first-order chi connectivity index (χ1) is 13.0. The lowest BCUT2D eigenvalue weighted by molar-refractivity contribution is 0.0531. The number of carbonyl (C=O) groups is 1. The number of esters is 1. The van der Waals surface area contributed by atoms with Crippen LogP contribution in [0.2, 0.25) is 0 Å². The molecule has 0 amide bonds. The van der Waals surface area contributed by atoms with Crippen LogP contribution in [0.25, 0.3) is 10.7 Å². The first kappa shape index (κ1) is 18.9. The summed E-state index contributed by atoms with van der Waals surface area (Å²) in [7, 11) is 1.88. The monoisotopic (exact) mass is 386 g/mol. The molecule has 0 unspecified atom stereocenters. The van der Waals surface area contributed by atoms with Crippen molar-refractivity contribution in [2.75, 3.05) is 18.6 Å². The number of aryl methyl sites for hydroxylation is 1. The largest absolute Gasteiger partial charge is 0.462 e. The van der Waals surface area contributed by atoms with Gasteiger partial charge >= 0.3 is 5.97 Å². The third-order valence-electron chi connectivity index (χ3n) is 3.82. The van der Waals surface area contributed by atoms with E-state index in [0.717, 1.165) is 5.56 Å². The van der Waals surface area contributed by atoms with E-state index in [0.29, 0.717) is 40.2 Å². The fourth-order valence-electron chi connectivity index (χ4n) is 2.48. The molecule has 3 aromatic rings. The minimum Gasteiger partial charge on any atom is -0.462 e. The standard InChI is InChI=1S/C19H19FN4O2S/c1-4-26-19(25)17-12(2)22-18(27-17)15-9-21-10-16(23-15)24(3)11-13-5-7-14(20)8-6-13/h5-10H,4,11H2,1-3H3. The molecule has 6 nitrogen and oxygen atoms in total. The van der Waals surface area contributed by atoms with Crippen LogP contribution in [0.3, 0.4) is 0 Å². The number of carbonyl (C=O) groups excluding carboxylic acids is 1. The zero-order valence-electron chi connectivity index (χ0n) is 15.3. The minimum atomic E-state index is -0.378. The van der Waals surface area contributed by atoms with Crippen LogP contribution in [0.5, 0.6) is 0 Å². The van der Waals surface area contributed by atoms with Gasteiger partial charge in [-0.25, -0.2) is 19.2 Å². The molecule has 0 fully saturated rings. The van der Waals surface area contributed by atoms with Gasteiger partial charge in [0.2, 0.25) is 0 Å². The second-order valence-corrected chi connectivity index (χ2v) is 6.90. The van der Waals surface area contributed by atoms with Crippen LogP contribution in [0.4, 0.5) is 10.2 Å². The highest BCUT2D eigenvalue weighted by Gasteiger charge is 2.18. The van der Waals surface area contributed by atoms with Gasteiger partial charge in [-0.15, -0.1) is 11.3 Å². The highest BCUT2D eigenvalue weighted by atomic mass is 32.1. The van der Waals surface area contributed by atoms with Gasteiger partial charge in [0.25, 0.3) is 0 Å². The van der Waals surface area contributed by atoms with Gasteiger partial charge in [-0.1, -0.05) is 12.1 Å². The smallest absolute Gasteiger partial charge is 0.350 e. The van der Waals surface area contributed by atoms with E-state index in [1.807, 2.05) is 11.9 Å². The van der Waals surface area contributed by atoms with Crippen molar-refractivity contribution in [2.24, 2.45) is 0 Å². The molecule has 0 saturated carbocycles. The van der Waals surface area contributed by atoms with Gasteiger partial charge in [-0.2, -0.15) is 0 Å². The highest BCUT2D eigenvalue weighted by Crippen LogP contribution is 2.28. The summed E-state index contributed by atoms with van der Waals surface area (Å²) >= 11 is 1.24. The molecule has 27 heavy (non-hydrogen) atoms. The summed E-state index contributed by atoms with van der Waals surface area (Å²) in [5.41, 5.74) is 2.16. The summed E-state index contributed by atoms with van der Waals surface area (Å²) in [6.07, 6.45) is 3.27. The van der Waals surface area contributed by atoms with Crippen LogP contribution >= 0.6 is 11.3 Å². The zero-order valence-corrected chi connectivity index (χ0v) is 16.1. The van der Waals surface area contributed by atoms with Crippen molar-refractivity contribution in [1.82, 2.24) is 15.0 Å². The predicted octanol–water partition coefficient (Wildman–Crippen LogP) is 3.86. The molecule has 0 aliphatic rings. The molecule has 0 atom stereocenters. The van der Waals surface area contributed by atoms with Crippen LogP contribution in [0, 0.1) is 12.7 Å². The summed E-state index contributed by atoms with van der Waals surface area (Å²) in [5, 5.41) is 0.611. The first-order valence-electron chi connectivity index (χ1n) is 8.40. The first-order valence-corrected chi connectivity index (χ1v) is 9.22. The Kier molecular flexibility index (Phi) is 5.75. The summed E-state index contributed by atoms with van der Waals surface area (Å²) in [5.74, 6) is 0.0124. The molecular weight excluding hydrogens is 367 g/mol. The molecule has 8 heteroatoms. The van der Waals surface area contributed by atoms with E-state index < -0.39 is 0 Å². The van der Waals surface area contributed by atoms with Crippen molar-refractivity contribution in [3.63, 3.8) is 0 Å². The number of aromatic nitrogens is 3. The fraction of sp³-hybridized carbons (Fsp3) is 0.263. The molecule has 2 heterocycles. The Morgan fingerprint density at radius 2 is 1.96 bits per heavy atom. The number of hydrogen-bond acceptors (Lipinski definition) is 7. The lowest BCUT2D eigenvalue weighted by atomic mass is 10.2. The normalized spacial score (nSPS) is 10.7. The maximum atomic E-state index is 13.1. The molecule has 3 rings (SSSR count). The molecule has 0 saturated heterocycles. The number of halogens is 1. The Hall–Kier alpha value is -2.87. The molecule has 0 aliphatic carbocycles. The van der Waals surface area contributed by atoms with Gasteiger partial charge in [0.15, 0.2) is 0 Å². The molecule has 1 aromatic carbocycles. The summed E-state index contributed by atoms with van der Waals surface area (Å²) < 4.78 is 18.1. The van der Waals surface area contributed by atoms with E-state index in [2.05, 4.69) is 15.0 Å². The highest BCUT2D eigenvalue weighted by molar-refractivity contribution is 7.17. The van der Waals surface area contributed by atoms with E-state index in [9.17, 15) is 9.18 Å². The molecule has 0 spiro atoms. The average Bonchev–Trinajstić information content (AvgIpc) is 3.06. The quantitative estimate of drug-likeness (QED) is 0.599. The Morgan fingerprint density at radius 1 is 1.22 bits per heavy atom. The minimum absolute atomic E-state index is 0.264. The predicted molar refractivity (Wildman–Crippen MR) is 102 cm³/mol. The lowest BCUT2D eigenvalue weighted by Gasteiger charge is -2.18. The lowest BCUT2D eigenvalue weighted by Crippen LogP contribution is -2.18. The number of benzene rings is 1. The van der Waals surface area contributed by atoms with Crippen LogP contribution in [0.15, 0.2) is 36.7 Å². The van der Waals surface area contributed by atoms with Gasteiger partial charge in [-0.05, 0) is 31.5 Å². The molecule has 0 aliphatic heterocycles. The van der Waals surface area contributed by atoms with Crippen molar-refractivity contribution in [2.45, 2.75) is 20.4 Å². The number of anilines is 1. The van der Waals surface area contributed by atoms with Crippen molar-refractivity contribution in [3.05, 3.63) is 58.6 Å². The second-order valence-electron chi connectivity index (χ2n) is 5.90. The number of thiazole rings is 1. The van der Waals surface area contributed by atoms with Gasteiger partial charge < -0.3 is 9.64 Å². The molecule has 0 bridgehead atoms. The summed E-state index contributed by atoms with van der Waals surface area (Å²) in [6, 6.07) is 6.33. The van der Waals surface area contributed by atoms with E-state index in [1.54, 1.807) is 38.4 Å². The topological polar surface area (TPSA) is 68.2 Å². The van der Waals surface area contributed by atoms with Crippen molar-refractivity contribution in [3.8, 4) is 10.7 Å². The van der Waals surface area contributed by atoms with E-state index in [1.165, 1.54) is 23.5 Å². The Bertz CT molecular complexity index is 943. The third-order valence-corrected chi connectivity index (χ3v) is 4.98. The zero-order chi connectivity index (χ0) is 19.4. The molecule has 2 aromatic heterocycles. The van der Waals surface area contributed by atoms with Crippen molar-refractivity contribution >= 4 is 23.1 Å². The van der Waals surface area contributed by atoms with Crippen molar-refractivity contribution < 1.29 is 13.9 Å². The van der Waals surface area contributed by atoms with Gasteiger partial charge in [0.05, 0.1) is 24.7 Å². The van der Waals surface area contributed by atoms with Gasteiger partial charge in [0, 0.05) is 13.6 Å². The Balaban J connectivity index is 1.82. The molecule has 0 N–H and O–H groups in total. The Labute approximate surface area is 160 Å². The fourth-order valence-corrected chi connectivity index (χ4v) is 3.39. The third kappa shape index (κ3) is 4.46. The van der Waals surface area contributed by atoms with Crippen molar-refractivity contribution in [1.29, 1.82) is 0 Å². The van der Waals surface area contributed by atoms with E-state index in [-0.39, 0.29) is 11.8 Å². The summed E-state index contributed by atoms with van der Waals surface area (Å²) in [4.78, 5) is 27.7. The Morgan fingerprint density at radius 3 is 2.67 bits per heavy atom. The van der Waals surface area contributed by atoms with Crippen LogP contribution in [0.1, 0.15) is 27.9 Å². The second kappa shape index (κ2) is 8.22. The number of ether oxygens (including phenoxy) is 1. The maximum Gasteiger partial charge on any atom is 0.350 e. The van der Waals surface area contributed by atoms with Gasteiger partial charge in [0.1, 0.15) is 27.2 Å². The van der Waals surface area contributed by atoms with Crippen LogP contribution < -0.4 is 4.90 Å². The van der Waals surface area contributed by atoms with Crippen LogP contribution in [-0.4, -0.2) is 34.6 Å². The molecule has 140 valence electrons. The number of rotatable bonds is 6. The molecular formula is C19H19FN4O2S. The number of hydrogen-bond donors (Lipinski definition) is 0. The van der Waals surface area contributed by atoms with E-state index >= 15 is 0 Å². The average molecular weight is 386 g/mol. The van der Waals surface area contributed by atoms with Gasteiger partial charge in [-0.3, -0.25) is 4.98 Å². The maximum absolute atomic E-state index is 13.1. The SMILES string of the molecule is CCOC(=O)c1sc(-c2cncc(N(C)Cc3ccc(F)cc3)n2)nc1C. The van der Waals surface area contributed by atoms with E-state index in [4.69, 9.17) is 4.74 Å². The molecule has 0 radical (unpaired) electrons. The number of nitrogens with zero attached hydrogens (tertiary/aromatic N) is 4.